The zero-order valence-corrected chi connectivity index (χ0v) is 11.0. The molecule has 0 amide bonds. The van der Waals surface area contributed by atoms with E-state index < -0.39 is 9.05 Å². The zero-order chi connectivity index (χ0) is 12.6. The number of para-hydroxylation sites is 1. The summed E-state index contributed by atoms with van der Waals surface area (Å²) in [5, 5.41) is 0.577. The number of ether oxygens (including phenoxy) is 1. The van der Waals surface area contributed by atoms with E-state index in [0.29, 0.717) is 17.7 Å². The van der Waals surface area contributed by atoms with E-state index in [1.807, 2.05) is 6.92 Å². The summed E-state index contributed by atoms with van der Waals surface area (Å²) in [6, 6.07) is 5.27. The van der Waals surface area contributed by atoms with Crippen LogP contribution < -0.4 is 4.74 Å². The molecule has 0 bridgehead atoms. The molecule has 0 spiro atoms. The molecule has 0 N–H and O–H groups in total. The van der Waals surface area contributed by atoms with Crippen LogP contribution in [0.2, 0.25) is 0 Å². The zero-order valence-electron chi connectivity index (χ0n) is 9.47. The molecule has 2 rings (SSSR count). The number of aryl methyl sites for hydroxylation is 1. The molecule has 0 aliphatic carbocycles. The monoisotopic (exact) mass is 273 g/mol. The van der Waals surface area contributed by atoms with Crippen LogP contribution in [0.3, 0.4) is 0 Å². The summed E-state index contributed by atoms with van der Waals surface area (Å²) < 4.78 is 30.1. The molecule has 0 aliphatic rings. The molecular weight excluding hydrogens is 262 g/mol. The molecule has 0 radical (unpaired) electrons. The van der Waals surface area contributed by atoms with Crippen LogP contribution in [0.1, 0.15) is 6.92 Å². The van der Waals surface area contributed by atoms with Crippen molar-refractivity contribution in [2.24, 2.45) is 7.05 Å². The van der Waals surface area contributed by atoms with Crippen LogP contribution in [-0.2, 0) is 16.1 Å². The Hall–Kier alpha value is -1.20. The van der Waals surface area contributed by atoms with Gasteiger partial charge in [-0.05, 0) is 13.0 Å². The highest BCUT2D eigenvalue weighted by Crippen LogP contribution is 2.33. The molecule has 92 valence electrons. The average Bonchev–Trinajstić information content (AvgIpc) is 2.57. The highest BCUT2D eigenvalue weighted by Gasteiger charge is 2.19. The number of halogens is 1. The molecule has 1 aromatic heterocycles. The quantitative estimate of drug-likeness (QED) is 0.808. The molecule has 2 aromatic rings. The minimum absolute atomic E-state index is 0.109. The van der Waals surface area contributed by atoms with Gasteiger partial charge < -0.3 is 9.30 Å². The third kappa shape index (κ3) is 2.12. The van der Waals surface area contributed by atoms with E-state index in [4.69, 9.17) is 15.4 Å². The highest BCUT2D eigenvalue weighted by atomic mass is 35.7. The summed E-state index contributed by atoms with van der Waals surface area (Å²) in [7, 11) is 3.41. The predicted octanol–water partition coefficient (Wildman–Crippen LogP) is 2.50. The second kappa shape index (κ2) is 4.23. The lowest BCUT2D eigenvalue weighted by Gasteiger charge is -2.06. The molecule has 1 heterocycles. The van der Waals surface area contributed by atoms with Gasteiger partial charge >= 0.3 is 0 Å². The van der Waals surface area contributed by atoms with E-state index in [1.165, 1.54) is 6.20 Å². The molecule has 0 saturated carbocycles. The summed E-state index contributed by atoms with van der Waals surface area (Å²) in [6.45, 7) is 2.40. The lowest BCUT2D eigenvalue weighted by molar-refractivity contribution is 0.343. The summed E-state index contributed by atoms with van der Waals surface area (Å²) in [5.74, 6) is 0.652. The Kier molecular flexibility index (Phi) is 3.05. The van der Waals surface area contributed by atoms with Gasteiger partial charge in [-0.1, -0.05) is 12.1 Å². The SMILES string of the molecule is CCOc1cccc2c(S(=O)(=O)Cl)cn(C)c12. The topological polar surface area (TPSA) is 48.3 Å². The molecule has 1 aromatic carbocycles. The van der Waals surface area contributed by atoms with Crippen LogP contribution >= 0.6 is 10.7 Å². The lowest BCUT2D eigenvalue weighted by Crippen LogP contribution is -1.94. The first-order valence-corrected chi connectivity index (χ1v) is 7.41. The minimum Gasteiger partial charge on any atom is -0.492 e. The first kappa shape index (κ1) is 12.3. The first-order chi connectivity index (χ1) is 7.95. The standard InChI is InChI=1S/C11H12ClNO3S/c1-3-16-9-6-4-5-8-10(17(12,14)15)7-13(2)11(8)9/h4-7H,3H2,1-2H3. The molecule has 0 atom stereocenters. The van der Waals surface area contributed by atoms with E-state index >= 15 is 0 Å². The predicted molar refractivity (Wildman–Crippen MR) is 67.1 cm³/mol. The van der Waals surface area contributed by atoms with Crippen molar-refractivity contribution in [2.45, 2.75) is 11.8 Å². The van der Waals surface area contributed by atoms with E-state index in [2.05, 4.69) is 0 Å². The number of rotatable bonds is 3. The number of benzene rings is 1. The van der Waals surface area contributed by atoms with Gasteiger partial charge in [-0.25, -0.2) is 8.42 Å². The van der Waals surface area contributed by atoms with E-state index in [1.54, 1.807) is 29.8 Å². The van der Waals surface area contributed by atoms with Crippen LogP contribution in [0.15, 0.2) is 29.3 Å². The van der Waals surface area contributed by atoms with Gasteiger partial charge in [-0.3, -0.25) is 0 Å². The Morgan fingerprint density at radius 3 is 2.71 bits per heavy atom. The molecule has 6 heteroatoms. The summed E-state index contributed by atoms with van der Waals surface area (Å²) in [5.41, 5.74) is 0.730. The maximum atomic E-state index is 11.4. The molecule has 0 fully saturated rings. The van der Waals surface area contributed by atoms with Crippen LogP contribution in [0.4, 0.5) is 0 Å². The van der Waals surface area contributed by atoms with Gasteiger partial charge in [-0.15, -0.1) is 0 Å². The van der Waals surface area contributed by atoms with Gasteiger partial charge in [0.2, 0.25) is 0 Å². The maximum absolute atomic E-state index is 11.4. The minimum atomic E-state index is -3.74. The van der Waals surface area contributed by atoms with Gasteiger partial charge in [-0.2, -0.15) is 0 Å². The molecule has 0 unspecified atom stereocenters. The van der Waals surface area contributed by atoms with Gasteiger partial charge in [0.25, 0.3) is 9.05 Å². The van der Waals surface area contributed by atoms with Crippen LogP contribution in [0, 0.1) is 0 Å². The van der Waals surface area contributed by atoms with Crippen LogP contribution in [0.5, 0.6) is 5.75 Å². The second-order valence-electron chi connectivity index (χ2n) is 3.63. The maximum Gasteiger partial charge on any atom is 0.263 e. The van der Waals surface area contributed by atoms with Crippen molar-refractivity contribution in [3.05, 3.63) is 24.4 Å². The van der Waals surface area contributed by atoms with E-state index in [0.717, 1.165) is 5.52 Å². The number of aromatic nitrogens is 1. The fourth-order valence-electron chi connectivity index (χ4n) is 1.86. The normalized spacial score (nSPS) is 11.9. The van der Waals surface area contributed by atoms with Crippen molar-refractivity contribution in [1.82, 2.24) is 4.57 Å². The van der Waals surface area contributed by atoms with Crippen molar-refractivity contribution in [2.75, 3.05) is 6.61 Å². The Morgan fingerprint density at radius 2 is 2.12 bits per heavy atom. The Bertz CT molecular complexity index is 661. The van der Waals surface area contributed by atoms with Crippen molar-refractivity contribution in [1.29, 1.82) is 0 Å². The van der Waals surface area contributed by atoms with Gasteiger partial charge in [0.15, 0.2) is 0 Å². The Morgan fingerprint density at radius 1 is 1.41 bits per heavy atom. The van der Waals surface area contributed by atoms with E-state index in [9.17, 15) is 8.42 Å². The molecule has 4 nitrogen and oxygen atoms in total. The Balaban J connectivity index is 2.82. The molecule has 17 heavy (non-hydrogen) atoms. The number of hydrogen-bond donors (Lipinski definition) is 0. The van der Waals surface area contributed by atoms with Gasteiger partial charge in [0.1, 0.15) is 10.6 Å². The van der Waals surface area contributed by atoms with E-state index in [-0.39, 0.29) is 4.90 Å². The summed E-state index contributed by atoms with van der Waals surface area (Å²) >= 11 is 0. The smallest absolute Gasteiger partial charge is 0.263 e. The number of nitrogens with zero attached hydrogens (tertiary/aromatic N) is 1. The van der Waals surface area contributed by atoms with Crippen LogP contribution in [-0.4, -0.2) is 19.6 Å². The largest absolute Gasteiger partial charge is 0.492 e. The number of hydrogen-bond acceptors (Lipinski definition) is 3. The fraction of sp³-hybridized carbons (Fsp3) is 0.273. The third-order valence-electron chi connectivity index (χ3n) is 2.49. The summed E-state index contributed by atoms with van der Waals surface area (Å²) in [4.78, 5) is 0.109. The first-order valence-electron chi connectivity index (χ1n) is 5.10. The molecular formula is C11H12ClNO3S. The summed E-state index contributed by atoms with van der Waals surface area (Å²) in [6.07, 6.45) is 1.50. The van der Waals surface area contributed by atoms with Crippen molar-refractivity contribution >= 4 is 30.6 Å². The van der Waals surface area contributed by atoms with Crippen molar-refractivity contribution in [3.8, 4) is 5.75 Å². The van der Waals surface area contributed by atoms with Crippen molar-refractivity contribution in [3.63, 3.8) is 0 Å². The van der Waals surface area contributed by atoms with Crippen LogP contribution in [0.25, 0.3) is 10.9 Å². The highest BCUT2D eigenvalue weighted by molar-refractivity contribution is 8.14. The van der Waals surface area contributed by atoms with Gasteiger partial charge in [0, 0.05) is 29.3 Å². The second-order valence-corrected chi connectivity index (χ2v) is 6.16. The number of fused-ring (bicyclic) bond motifs is 1. The third-order valence-corrected chi connectivity index (χ3v) is 3.84. The molecule has 0 saturated heterocycles. The van der Waals surface area contributed by atoms with Gasteiger partial charge in [0.05, 0.1) is 12.1 Å². The molecule has 0 aliphatic heterocycles. The fourth-order valence-corrected chi connectivity index (χ4v) is 2.94. The Labute approximate surface area is 104 Å². The average molecular weight is 274 g/mol. The lowest BCUT2D eigenvalue weighted by atomic mass is 10.2. The van der Waals surface area contributed by atoms with Crippen molar-refractivity contribution < 1.29 is 13.2 Å².